The molecule has 0 amide bonds. The molecule has 0 radical (unpaired) electrons. The van der Waals surface area contributed by atoms with E-state index < -0.39 is 23.6 Å². The minimum Gasteiger partial charge on any atom is -0.496 e. The molecule has 32 heavy (non-hydrogen) atoms. The van der Waals surface area contributed by atoms with Gasteiger partial charge >= 0.3 is 6.01 Å². The van der Waals surface area contributed by atoms with Crippen molar-refractivity contribution in [1.29, 1.82) is 0 Å². The summed E-state index contributed by atoms with van der Waals surface area (Å²) < 4.78 is 51.5. The molecule has 2 aromatic heterocycles. The number of aliphatic hydroxyl groups excluding tert-OH is 1. The van der Waals surface area contributed by atoms with Gasteiger partial charge in [-0.15, -0.1) is 0 Å². The summed E-state index contributed by atoms with van der Waals surface area (Å²) in [6, 6.07) is 6.58. The summed E-state index contributed by atoms with van der Waals surface area (Å²) in [5.41, 5.74) is 1.09. The monoisotopic (exact) mass is 445 g/mol. The zero-order valence-electron chi connectivity index (χ0n) is 17.0. The molecular weight excluding hydrogens is 427 g/mol. The number of aromatic amines is 1. The van der Waals surface area contributed by atoms with Crippen LogP contribution in [-0.2, 0) is 0 Å². The zero-order valence-corrected chi connectivity index (χ0v) is 17.0. The Bertz CT molecular complexity index is 1280. The zero-order chi connectivity index (χ0) is 22.8. The molecule has 1 atom stereocenters. The highest BCUT2D eigenvalue weighted by Gasteiger charge is 2.21. The minimum absolute atomic E-state index is 0.127. The number of hydrogen-bond acceptors (Lipinski definition) is 7. The highest BCUT2D eigenvalue weighted by molar-refractivity contribution is 6.00. The van der Waals surface area contributed by atoms with Crippen molar-refractivity contribution in [2.45, 2.75) is 13.0 Å². The van der Waals surface area contributed by atoms with Crippen LogP contribution in [-0.4, -0.2) is 45.0 Å². The molecule has 4 aromatic rings. The largest absolute Gasteiger partial charge is 0.496 e. The number of benzene rings is 2. The lowest BCUT2D eigenvalue weighted by Crippen LogP contribution is -2.16. The number of fused-ring (bicyclic) bond motifs is 1. The normalized spacial score (nSPS) is 12.1. The van der Waals surface area contributed by atoms with E-state index in [0.717, 1.165) is 12.1 Å². The van der Waals surface area contributed by atoms with Crippen LogP contribution in [0.3, 0.4) is 0 Å². The average molecular weight is 445 g/mol. The molecule has 0 saturated heterocycles. The molecule has 0 fully saturated rings. The lowest BCUT2D eigenvalue weighted by atomic mass is 10.1. The van der Waals surface area contributed by atoms with E-state index in [1.165, 1.54) is 25.3 Å². The Morgan fingerprint density at radius 1 is 1.06 bits per heavy atom. The van der Waals surface area contributed by atoms with E-state index in [-0.39, 0.29) is 35.5 Å². The van der Waals surface area contributed by atoms with Crippen molar-refractivity contribution in [3.05, 3.63) is 53.8 Å². The van der Waals surface area contributed by atoms with Gasteiger partial charge in [-0.3, -0.25) is 5.10 Å². The first kappa shape index (κ1) is 21.4. The van der Waals surface area contributed by atoms with Crippen LogP contribution in [0.1, 0.15) is 6.92 Å². The number of halogens is 3. The molecule has 11 heteroatoms. The smallest absolute Gasteiger partial charge is 0.326 e. The first-order chi connectivity index (χ1) is 15.4. The van der Waals surface area contributed by atoms with Crippen LogP contribution < -0.4 is 14.8 Å². The Morgan fingerprint density at radius 2 is 1.81 bits per heavy atom. The Kier molecular flexibility index (Phi) is 5.82. The van der Waals surface area contributed by atoms with Crippen molar-refractivity contribution in [1.82, 2.24) is 20.2 Å². The quantitative estimate of drug-likeness (QED) is 0.394. The van der Waals surface area contributed by atoms with Gasteiger partial charge in [-0.25, -0.2) is 13.2 Å². The van der Waals surface area contributed by atoms with E-state index in [0.29, 0.717) is 22.7 Å². The molecule has 166 valence electrons. The fourth-order valence-electron chi connectivity index (χ4n) is 3.05. The molecular formula is C21H18F3N5O3. The Morgan fingerprint density at radius 3 is 2.53 bits per heavy atom. The first-order valence-corrected chi connectivity index (χ1v) is 9.50. The molecule has 0 spiro atoms. The van der Waals surface area contributed by atoms with E-state index in [2.05, 4.69) is 25.5 Å². The SMILES string of the molecule is COc1cc(F)ccc1-c1[nH]nc2nc(Oc3ccc(F)cc3F)nc(NC[C@H](C)O)c12. The summed E-state index contributed by atoms with van der Waals surface area (Å²) in [7, 11) is 1.41. The van der Waals surface area contributed by atoms with Crippen LogP contribution in [0.25, 0.3) is 22.3 Å². The molecule has 8 nitrogen and oxygen atoms in total. The number of nitrogens with one attached hydrogen (secondary N) is 2. The average Bonchev–Trinajstić information content (AvgIpc) is 3.17. The predicted octanol–water partition coefficient (Wildman–Crippen LogP) is 4.03. The lowest BCUT2D eigenvalue weighted by Gasteiger charge is -2.12. The molecule has 0 bridgehead atoms. The molecule has 0 aliphatic carbocycles. The first-order valence-electron chi connectivity index (χ1n) is 9.50. The number of hydrogen-bond donors (Lipinski definition) is 3. The number of anilines is 1. The Hall–Kier alpha value is -3.86. The van der Waals surface area contributed by atoms with Gasteiger partial charge in [-0.1, -0.05) is 0 Å². The van der Waals surface area contributed by atoms with Gasteiger partial charge < -0.3 is 19.9 Å². The van der Waals surface area contributed by atoms with E-state index in [4.69, 9.17) is 9.47 Å². The molecule has 0 aliphatic heterocycles. The third-order valence-corrected chi connectivity index (χ3v) is 4.49. The molecule has 0 unspecified atom stereocenters. The van der Waals surface area contributed by atoms with Crippen LogP contribution in [0, 0.1) is 17.5 Å². The van der Waals surface area contributed by atoms with E-state index in [9.17, 15) is 18.3 Å². The van der Waals surface area contributed by atoms with Crippen molar-refractivity contribution in [2.75, 3.05) is 19.0 Å². The summed E-state index contributed by atoms with van der Waals surface area (Å²) in [6.45, 7) is 1.71. The second kappa shape index (κ2) is 8.71. The number of aliphatic hydroxyl groups is 1. The van der Waals surface area contributed by atoms with Gasteiger partial charge in [0.05, 0.1) is 24.3 Å². The third kappa shape index (κ3) is 4.28. The minimum atomic E-state index is -0.925. The van der Waals surface area contributed by atoms with Gasteiger partial charge in [0, 0.05) is 24.2 Å². The molecule has 0 aliphatic rings. The van der Waals surface area contributed by atoms with Gasteiger partial charge in [0.1, 0.15) is 23.2 Å². The topological polar surface area (TPSA) is 105 Å². The number of aromatic nitrogens is 4. The Balaban J connectivity index is 1.83. The van der Waals surface area contributed by atoms with Crippen molar-refractivity contribution >= 4 is 16.9 Å². The molecule has 0 saturated carbocycles. The number of methoxy groups -OCH3 is 1. The van der Waals surface area contributed by atoms with E-state index >= 15 is 0 Å². The van der Waals surface area contributed by atoms with Gasteiger partial charge in [0.2, 0.25) is 0 Å². The van der Waals surface area contributed by atoms with Crippen molar-refractivity contribution in [3.8, 4) is 28.8 Å². The fraction of sp³-hybridized carbons (Fsp3) is 0.190. The Labute approximate surface area is 180 Å². The maximum atomic E-state index is 14.0. The van der Waals surface area contributed by atoms with Crippen LogP contribution >= 0.6 is 0 Å². The van der Waals surface area contributed by atoms with Crippen molar-refractivity contribution in [2.24, 2.45) is 0 Å². The standard InChI is InChI=1S/C21H18F3N5O3/c1-10(30)9-25-19-17-18(13-5-3-12(23)8-16(13)31-2)28-29-20(17)27-21(26-19)32-15-6-4-11(22)7-14(15)24/h3-8,10,30H,9H2,1-2H3,(H2,25,26,27,28,29)/t10-/m0/s1. The van der Waals surface area contributed by atoms with Gasteiger partial charge in [0.15, 0.2) is 17.2 Å². The predicted molar refractivity (Wildman–Crippen MR) is 110 cm³/mol. The second-order valence-corrected chi connectivity index (χ2v) is 6.90. The van der Waals surface area contributed by atoms with Crippen LogP contribution in [0.2, 0.25) is 0 Å². The molecule has 4 rings (SSSR count). The van der Waals surface area contributed by atoms with Crippen molar-refractivity contribution < 1.29 is 27.8 Å². The maximum Gasteiger partial charge on any atom is 0.326 e. The summed E-state index contributed by atoms with van der Waals surface area (Å²) in [5, 5.41) is 20.1. The van der Waals surface area contributed by atoms with Crippen LogP contribution in [0.15, 0.2) is 36.4 Å². The number of nitrogens with zero attached hydrogens (tertiary/aromatic N) is 3. The number of H-pyrrole nitrogens is 1. The highest BCUT2D eigenvalue weighted by atomic mass is 19.1. The van der Waals surface area contributed by atoms with Gasteiger partial charge in [0.25, 0.3) is 0 Å². The molecule has 2 aromatic carbocycles. The third-order valence-electron chi connectivity index (χ3n) is 4.49. The van der Waals surface area contributed by atoms with E-state index in [1.54, 1.807) is 6.92 Å². The summed E-state index contributed by atoms with van der Waals surface area (Å²) in [6.07, 6.45) is -0.713. The van der Waals surface area contributed by atoms with E-state index in [1.807, 2.05) is 0 Å². The van der Waals surface area contributed by atoms with Gasteiger partial charge in [-0.2, -0.15) is 15.1 Å². The fourth-order valence-corrected chi connectivity index (χ4v) is 3.05. The summed E-state index contributed by atoms with van der Waals surface area (Å²) in [4.78, 5) is 8.46. The summed E-state index contributed by atoms with van der Waals surface area (Å²) in [5.74, 6) is -1.95. The van der Waals surface area contributed by atoms with Crippen LogP contribution in [0.5, 0.6) is 17.5 Å². The highest BCUT2D eigenvalue weighted by Crippen LogP contribution is 2.37. The number of rotatable bonds is 7. The summed E-state index contributed by atoms with van der Waals surface area (Å²) >= 11 is 0. The molecule has 3 N–H and O–H groups in total. The second-order valence-electron chi connectivity index (χ2n) is 6.90. The maximum absolute atomic E-state index is 14.0. The molecule has 2 heterocycles. The van der Waals surface area contributed by atoms with Crippen LogP contribution in [0.4, 0.5) is 19.0 Å². The van der Waals surface area contributed by atoms with Crippen molar-refractivity contribution in [3.63, 3.8) is 0 Å². The van der Waals surface area contributed by atoms with Gasteiger partial charge in [-0.05, 0) is 31.2 Å². The number of ether oxygens (including phenoxy) is 2. The lowest BCUT2D eigenvalue weighted by molar-refractivity contribution is 0.208.